The zero-order valence-electron chi connectivity index (χ0n) is 15.8. The summed E-state index contributed by atoms with van der Waals surface area (Å²) in [6.07, 6.45) is 4.37. The number of hydrogen-bond donors (Lipinski definition) is 1. The molecule has 4 rings (SSSR count). The van der Waals surface area contributed by atoms with Crippen molar-refractivity contribution in [1.29, 1.82) is 0 Å². The highest BCUT2D eigenvalue weighted by atomic mass is 16.1. The highest BCUT2D eigenvalue weighted by molar-refractivity contribution is 5.59. The number of nitrogens with zero attached hydrogens (tertiary/aromatic N) is 3. The summed E-state index contributed by atoms with van der Waals surface area (Å²) in [6, 6.07) is 21.7. The molecule has 0 aliphatic carbocycles. The Morgan fingerprint density at radius 2 is 1.61 bits per heavy atom. The van der Waals surface area contributed by atoms with Crippen LogP contribution in [0.4, 0.5) is 5.95 Å². The summed E-state index contributed by atoms with van der Waals surface area (Å²) in [7, 11) is 0. The quantitative estimate of drug-likeness (QED) is 0.747. The molecule has 2 heterocycles. The van der Waals surface area contributed by atoms with Crippen LogP contribution in [-0.4, -0.2) is 47.6 Å². The molecule has 1 aliphatic rings. The maximum atomic E-state index is 12.1. The normalized spacial score (nSPS) is 15.2. The van der Waals surface area contributed by atoms with Crippen LogP contribution >= 0.6 is 0 Å². The van der Waals surface area contributed by atoms with Crippen LogP contribution in [0.15, 0.2) is 77.6 Å². The molecule has 5 nitrogen and oxygen atoms in total. The van der Waals surface area contributed by atoms with E-state index in [2.05, 4.69) is 51.2 Å². The SMILES string of the molecule is O=c1cc(-c2ccccc2)nc(N2CCN(C/C=C/c3ccccc3)CC2)[nH]1. The van der Waals surface area contributed by atoms with Gasteiger partial charge in [0.2, 0.25) is 5.95 Å². The van der Waals surface area contributed by atoms with Gasteiger partial charge in [-0.1, -0.05) is 72.8 Å². The monoisotopic (exact) mass is 372 g/mol. The zero-order chi connectivity index (χ0) is 19.2. The van der Waals surface area contributed by atoms with Gasteiger partial charge in [0.15, 0.2) is 0 Å². The first kappa shape index (κ1) is 18.2. The molecule has 28 heavy (non-hydrogen) atoms. The van der Waals surface area contributed by atoms with Crippen molar-refractivity contribution in [3.05, 3.63) is 88.7 Å². The van der Waals surface area contributed by atoms with Gasteiger partial charge in [0.25, 0.3) is 5.56 Å². The Morgan fingerprint density at radius 1 is 0.929 bits per heavy atom. The fourth-order valence-corrected chi connectivity index (χ4v) is 3.40. The van der Waals surface area contributed by atoms with E-state index in [-0.39, 0.29) is 5.56 Å². The van der Waals surface area contributed by atoms with Crippen LogP contribution in [0.25, 0.3) is 17.3 Å². The molecule has 0 bridgehead atoms. The summed E-state index contributed by atoms with van der Waals surface area (Å²) in [5.74, 6) is 0.658. The number of H-pyrrole nitrogens is 1. The number of anilines is 1. The smallest absolute Gasteiger partial charge is 0.252 e. The van der Waals surface area contributed by atoms with Gasteiger partial charge in [-0.2, -0.15) is 0 Å². The van der Waals surface area contributed by atoms with Crippen molar-refractivity contribution in [2.45, 2.75) is 0 Å². The summed E-state index contributed by atoms with van der Waals surface area (Å²) in [6.45, 7) is 4.51. The van der Waals surface area contributed by atoms with Gasteiger partial charge in [-0.05, 0) is 5.56 Å². The molecule has 5 heteroatoms. The van der Waals surface area contributed by atoms with Gasteiger partial charge >= 0.3 is 0 Å². The molecule has 2 aromatic carbocycles. The Labute approximate surface area is 165 Å². The van der Waals surface area contributed by atoms with Crippen molar-refractivity contribution in [2.24, 2.45) is 0 Å². The van der Waals surface area contributed by atoms with Crippen molar-refractivity contribution >= 4 is 12.0 Å². The first-order valence-corrected chi connectivity index (χ1v) is 9.64. The third-order valence-electron chi connectivity index (χ3n) is 4.94. The summed E-state index contributed by atoms with van der Waals surface area (Å²) in [5, 5.41) is 0. The molecule has 0 saturated carbocycles. The zero-order valence-corrected chi connectivity index (χ0v) is 15.8. The predicted molar refractivity (Wildman–Crippen MR) is 114 cm³/mol. The number of aromatic amines is 1. The van der Waals surface area contributed by atoms with Crippen LogP contribution in [0, 0.1) is 0 Å². The van der Waals surface area contributed by atoms with E-state index in [0.29, 0.717) is 11.6 Å². The molecule has 0 atom stereocenters. The summed E-state index contributed by atoms with van der Waals surface area (Å²) < 4.78 is 0. The molecule has 1 aliphatic heterocycles. The van der Waals surface area contributed by atoms with E-state index in [9.17, 15) is 4.79 Å². The third-order valence-corrected chi connectivity index (χ3v) is 4.94. The minimum Gasteiger partial charge on any atom is -0.340 e. The summed E-state index contributed by atoms with van der Waals surface area (Å²) in [5.41, 5.74) is 2.78. The molecule has 3 aromatic rings. The van der Waals surface area contributed by atoms with Crippen LogP contribution in [0.3, 0.4) is 0 Å². The molecule has 0 unspecified atom stereocenters. The molecule has 0 spiro atoms. The standard InChI is InChI=1S/C23H24N4O/c28-22-18-21(20-11-5-2-6-12-20)24-23(25-22)27-16-14-26(15-17-27)13-7-10-19-8-3-1-4-9-19/h1-12,18H,13-17H2,(H,24,25,28)/b10-7+. The first-order chi connectivity index (χ1) is 13.8. The number of piperazine rings is 1. The van der Waals surface area contributed by atoms with Gasteiger partial charge in [-0.15, -0.1) is 0 Å². The van der Waals surface area contributed by atoms with E-state index >= 15 is 0 Å². The molecule has 0 amide bonds. The maximum Gasteiger partial charge on any atom is 0.252 e. The Balaban J connectivity index is 1.38. The second-order valence-corrected chi connectivity index (χ2v) is 6.92. The van der Waals surface area contributed by atoms with E-state index in [4.69, 9.17) is 4.98 Å². The lowest BCUT2D eigenvalue weighted by molar-refractivity contribution is 0.283. The van der Waals surface area contributed by atoms with Crippen LogP contribution in [0.2, 0.25) is 0 Å². The largest absolute Gasteiger partial charge is 0.340 e. The highest BCUT2D eigenvalue weighted by Gasteiger charge is 2.18. The second kappa shape index (κ2) is 8.67. The lowest BCUT2D eigenvalue weighted by Crippen LogP contribution is -2.47. The average Bonchev–Trinajstić information content (AvgIpc) is 2.75. The van der Waals surface area contributed by atoms with Gasteiger partial charge in [0.1, 0.15) is 0 Å². The predicted octanol–water partition coefficient (Wildman–Crippen LogP) is 3.27. The van der Waals surface area contributed by atoms with E-state index in [1.165, 1.54) is 5.56 Å². The fraction of sp³-hybridized carbons (Fsp3) is 0.217. The van der Waals surface area contributed by atoms with Crippen LogP contribution in [0.5, 0.6) is 0 Å². The molecular formula is C23H24N4O. The van der Waals surface area contributed by atoms with E-state index in [0.717, 1.165) is 38.3 Å². The van der Waals surface area contributed by atoms with E-state index in [1.54, 1.807) is 6.07 Å². The lowest BCUT2D eigenvalue weighted by Gasteiger charge is -2.34. The Bertz CT molecular complexity index is 974. The Morgan fingerprint density at radius 3 is 2.32 bits per heavy atom. The number of rotatable bonds is 5. The molecule has 142 valence electrons. The van der Waals surface area contributed by atoms with Gasteiger partial charge < -0.3 is 4.90 Å². The number of nitrogens with one attached hydrogen (secondary N) is 1. The minimum absolute atomic E-state index is 0.114. The maximum absolute atomic E-state index is 12.1. The summed E-state index contributed by atoms with van der Waals surface area (Å²) >= 11 is 0. The lowest BCUT2D eigenvalue weighted by atomic mass is 10.1. The van der Waals surface area contributed by atoms with Gasteiger partial charge in [-0.25, -0.2) is 4.98 Å². The van der Waals surface area contributed by atoms with Crippen molar-refractivity contribution in [3.63, 3.8) is 0 Å². The minimum atomic E-state index is -0.114. The first-order valence-electron chi connectivity index (χ1n) is 9.64. The number of hydrogen-bond acceptors (Lipinski definition) is 4. The molecule has 1 aromatic heterocycles. The van der Waals surface area contributed by atoms with Crippen molar-refractivity contribution in [2.75, 3.05) is 37.6 Å². The van der Waals surface area contributed by atoms with Crippen LogP contribution in [-0.2, 0) is 0 Å². The number of aromatic nitrogens is 2. The van der Waals surface area contributed by atoms with Crippen molar-refractivity contribution < 1.29 is 0 Å². The van der Waals surface area contributed by atoms with Gasteiger partial charge in [-0.3, -0.25) is 14.7 Å². The average molecular weight is 372 g/mol. The third kappa shape index (κ3) is 4.56. The fourth-order valence-electron chi connectivity index (χ4n) is 3.40. The van der Waals surface area contributed by atoms with Crippen molar-refractivity contribution in [3.8, 4) is 11.3 Å². The van der Waals surface area contributed by atoms with Crippen molar-refractivity contribution in [1.82, 2.24) is 14.9 Å². The van der Waals surface area contributed by atoms with Crippen LogP contribution < -0.4 is 10.5 Å². The summed E-state index contributed by atoms with van der Waals surface area (Å²) in [4.78, 5) is 24.3. The molecule has 1 saturated heterocycles. The Hall–Kier alpha value is -3.18. The molecule has 1 N–H and O–H groups in total. The molecule has 1 fully saturated rings. The topological polar surface area (TPSA) is 52.2 Å². The molecule has 0 radical (unpaired) electrons. The molecular weight excluding hydrogens is 348 g/mol. The van der Waals surface area contributed by atoms with Crippen LogP contribution in [0.1, 0.15) is 5.56 Å². The van der Waals surface area contributed by atoms with Gasteiger partial charge in [0, 0.05) is 44.4 Å². The second-order valence-electron chi connectivity index (χ2n) is 6.92. The highest BCUT2D eigenvalue weighted by Crippen LogP contribution is 2.18. The number of benzene rings is 2. The van der Waals surface area contributed by atoms with E-state index < -0.39 is 0 Å². The van der Waals surface area contributed by atoms with Gasteiger partial charge in [0.05, 0.1) is 5.69 Å². The Kier molecular flexibility index (Phi) is 5.64. The van der Waals surface area contributed by atoms with E-state index in [1.807, 2.05) is 36.4 Å².